The third-order valence-electron chi connectivity index (χ3n) is 5.25. The smallest absolute Gasteiger partial charge is 0.258 e. The number of carbonyl (C=O) groups is 1. The maximum absolute atomic E-state index is 13.3. The second-order valence-electron chi connectivity index (χ2n) is 7.54. The van der Waals surface area contributed by atoms with Crippen molar-refractivity contribution in [2.75, 3.05) is 0 Å². The zero-order valence-electron chi connectivity index (χ0n) is 18.0. The number of fused-ring (bicyclic) bond motifs is 1. The van der Waals surface area contributed by atoms with E-state index in [0.29, 0.717) is 35.3 Å². The summed E-state index contributed by atoms with van der Waals surface area (Å²) in [7, 11) is 0. The minimum Gasteiger partial charge on any atom is -0.307 e. The minimum atomic E-state index is -0.0563. The van der Waals surface area contributed by atoms with E-state index in [1.54, 1.807) is 24.5 Å². The Hall–Kier alpha value is -2.53. The van der Waals surface area contributed by atoms with Crippen molar-refractivity contribution in [3.05, 3.63) is 57.4 Å². The van der Waals surface area contributed by atoms with Gasteiger partial charge in [0.25, 0.3) is 5.56 Å². The lowest BCUT2D eigenvalue weighted by Gasteiger charge is -2.14. The molecule has 3 aromatic heterocycles. The van der Waals surface area contributed by atoms with Gasteiger partial charge in [0, 0.05) is 41.9 Å². The fraction of sp³-hybridized carbons (Fsp3) is 0.417. The van der Waals surface area contributed by atoms with Crippen molar-refractivity contribution in [3.8, 4) is 11.1 Å². The highest BCUT2D eigenvalue weighted by Crippen LogP contribution is 2.32. The van der Waals surface area contributed by atoms with E-state index in [0.717, 1.165) is 41.3 Å². The normalized spacial score (nSPS) is 13.1. The molecule has 0 amide bonds. The Balaban J connectivity index is 0.00000124. The molecule has 1 aliphatic carbocycles. The lowest BCUT2D eigenvalue weighted by atomic mass is 10.0. The number of rotatable bonds is 6. The van der Waals surface area contributed by atoms with Gasteiger partial charge in [0.1, 0.15) is 10.8 Å². The molecule has 6 heteroatoms. The topological polar surface area (TPSA) is 64.8 Å². The van der Waals surface area contributed by atoms with Crippen molar-refractivity contribution < 1.29 is 4.79 Å². The van der Waals surface area contributed by atoms with Crippen LogP contribution >= 0.6 is 11.6 Å². The first-order valence-electron chi connectivity index (χ1n) is 10.7. The van der Waals surface area contributed by atoms with E-state index in [-0.39, 0.29) is 11.3 Å². The van der Waals surface area contributed by atoms with Gasteiger partial charge in [-0.1, -0.05) is 32.4 Å². The van der Waals surface area contributed by atoms with Gasteiger partial charge in [-0.3, -0.25) is 14.6 Å². The van der Waals surface area contributed by atoms with Crippen LogP contribution in [0.1, 0.15) is 62.5 Å². The van der Waals surface area contributed by atoms with Crippen molar-refractivity contribution in [1.29, 1.82) is 0 Å². The number of pyridine rings is 3. The zero-order valence-corrected chi connectivity index (χ0v) is 18.8. The van der Waals surface area contributed by atoms with E-state index >= 15 is 0 Å². The number of hydrogen-bond donors (Lipinski definition) is 0. The highest BCUT2D eigenvalue weighted by Gasteiger charge is 2.24. The molecule has 4 rings (SSSR count). The van der Waals surface area contributed by atoms with Gasteiger partial charge in [-0.15, -0.1) is 0 Å². The summed E-state index contributed by atoms with van der Waals surface area (Å²) in [6.07, 6.45) is 6.89. The molecule has 0 aliphatic heterocycles. The van der Waals surface area contributed by atoms with Gasteiger partial charge < -0.3 is 4.57 Å². The molecule has 0 saturated heterocycles. The molecule has 1 saturated carbocycles. The largest absolute Gasteiger partial charge is 0.307 e. The van der Waals surface area contributed by atoms with E-state index in [1.165, 1.54) is 0 Å². The van der Waals surface area contributed by atoms with Crippen molar-refractivity contribution in [2.45, 2.75) is 59.9 Å². The molecule has 0 aromatic carbocycles. The highest BCUT2D eigenvalue weighted by molar-refractivity contribution is 6.30. The highest BCUT2D eigenvalue weighted by atomic mass is 35.5. The average molecular weight is 426 g/mol. The van der Waals surface area contributed by atoms with Gasteiger partial charge in [0.15, 0.2) is 5.78 Å². The first-order chi connectivity index (χ1) is 14.5. The van der Waals surface area contributed by atoms with Crippen LogP contribution in [0, 0.1) is 12.8 Å². The minimum absolute atomic E-state index is 0.0284. The van der Waals surface area contributed by atoms with Crippen LogP contribution in [0.4, 0.5) is 0 Å². The summed E-state index contributed by atoms with van der Waals surface area (Å²) in [5, 5.41) is 1.24. The molecule has 1 fully saturated rings. The van der Waals surface area contributed by atoms with Crippen molar-refractivity contribution in [3.63, 3.8) is 0 Å². The van der Waals surface area contributed by atoms with Crippen LogP contribution in [0.5, 0.6) is 0 Å². The zero-order chi connectivity index (χ0) is 21.8. The summed E-state index contributed by atoms with van der Waals surface area (Å²) in [4.78, 5) is 34.0. The van der Waals surface area contributed by atoms with Gasteiger partial charge in [0.2, 0.25) is 0 Å². The fourth-order valence-electron chi connectivity index (χ4n) is 3.53. The first-order valence-corrected chi connectivity index (χ1v) is 11.0. The quantitative estimate of drug-likeness (QED) is 0.367. The molecule has 0 spiro atoms. The van der Waals surface area contributed by atoms with Crippen LogP contribution < -0.4 is 5.56 Å². The second-order valence-corrected chi connectivity index (χ2v) is 7.93. The van der Waals surface area contributed by atoms with Crippen molar-refractivity contribution in [1.82, 2.24) is 14.5 Å². The van der Waals surface area contributed by atoms with Gasteiger partial charge >= 0.3 is 0 Å². The fourth-order valence-corrected chi connectivity index (χ4v) is 3.68. The van der Waals surface area contributed by atoms with E-state index in [2.05, 4.69) is 9.97 Å². The summed E-state index contributed by atoms with van der Waals surface area (Å²) in [6, 6.07) is 5.38. The third-order valence-corrected chi connectivity index (χ3v) is 5.45. The Morgan fingerprint density at radius 3 is 2.50 bits per heavy atom. The van der Waals surface area contributed by atoms with Gasteiger partial charge in [-0.25, -0.2) is 4.98 Å². The summed E-state index contributed by atoms with van der Waals surface area (Å²) >= 11 is 6.08. The second kappa shape index (κ2) is 9.52. The maximum Gasteiger partial charge on any atom is 0.258 e. The predicted molar refractivity (Wildman–Crippen MR) is 122 cm³/mol. The van der Waals surface area contributed by atoms with Crippen molar-refractivity contribution >= 4 is 28.3 Å². The molecule has 0 unspecified atom stereocenters. The molecule has 5 nitrogen and oxygen atoms in total. The summed E-state index contributed by atoms with van der Waals surface area (Å²) < 4.78 is 1.81. The van der Waals surface area contributed by atoms with Gasteiger partial charge in [-0.2, -0.15) is 0 Å². The molecular formula is C24H28ClN3O2. The van der Waals surface area contributed by atoms with Crippen LogP contribution in [-0.2, 0) is 6.54 Å². The number of hydrogen-bond acceptors (Lipinski definition) is 4. The van der Waals surface area contributed by atoms with E-state index in [9.17, 15) is 9.59 Å². The third kappa shape index (κ3) is 4.62. The lowest BCUT2D eigenvalue weighted by Crippen LogP contribution is -2.23. The summed E-state index contributed by atoms with van der Waals surface area (Å²) in [5.41, 5.74) is 3.40. The Labute approximate surface area is 182 Å². The van der Waals surface area contributed by atoms with E-state index in [1.807, 2.05) is 38.3 Å². The molecule has 3 aromatic rings. The molecule has 1 aliphatic rings. The van der Waals surface area contributed by atoms with Crippen molar-refractivity contribution in [2.24, 2.45) is 5.92 Å². The number of carbonyl (C=O) groups excluding carboxylic acids is 1. The van der Waals surface area contributed by atoms with Crippen LogP contribution in [0.25, 0.3) is 22.0 Å². The predicted octanol–water partition coefficient (Wildman–Crippen LogP) is 5.84. The maximum atomic E-state index is 13.3. The van der Waals surface area contributed by atoms with E-state index < -0.39 is 0 Å². The standard InChI is InChI=1S/C22H22ClN3O2.C2H6/c1-3-4-20(27)18-7-13(2)17(11-24-18)16-8-15-10-25-21(23)9-19(15)26(22(16)28)12-14-5-6-14;1-2/h7-11,14H,3-6,12H2,1-2H3;1-2H3. The molecule has 0 N–H and O–H groups in total. The summed E-state index contributed by atoms with van der Waals surface area (Å²) in [5.74, 6) is 0.567. The van der Waals surface area contributed by atoms with E-state index in [4.69, 9.17) is 11.6 Å². The molecule has 3 heterocycles. The molecule has 0 atom stereocenters. The Bertz CT molecular complexity index is 1130. The Morgan fingerprint density at radius 1 is 1.13 bits per heavy atom. The number of aromatic nitrogens is 3. The first kappa shape index (κ1) is 22.2. The Morgan fingerprint density at radius 2 is 1.87 bits per heavy atom. The lowest BCUT2D eigenvalue weighted by molar-refractivity contribution is 0.0977. The number of Topliss-reactive ketones (excluding diaryl/α,β-unsaturated/α-hetero) is 1. The van der Waals surface area contributed by atoms with Crippen LogP contribution in [-0.4, -0.2) is 20.3 Å². The average Bonchev–Trinajstić information content (AvgIpc) is 3.56. The number of halogens is 1. The monoisotopic (exact) mass is 425 g/mol. The van der Waals surface area contributed by atoms with Gasteiger partial charge in [-0.05, 0) is 55.9 Å². The van der Waals surface area contributed by atoms with Crippen LogP contribution in [0.15, 0.2) is 35.4 Å². The van der Waals surface area contributed by atoms with Crippen LogP contribution in [0.3, 0.4) is 0 Å². The molecule has 0 bridgehead atoms. The summed E-state index contributed by atoms with van der Waals surface area (Å²) in [6.45, 7) is 8.56. The van der Waals surface area contributed by atoms with Crippen LogP contribution in [0.2, 0.25) is 5.15 Å². The Kier molecular flexibility index (Phi) is 7.03. The number of ketones is 1. The molecule has 158 valence electrons. The number of nitrogens with zero attached hydrogens (tertiary/aromatic N) is 3. The molecule has 30 heavy (non-hydrogen) atoms. The SMILES string of the molecule is CC.CCCC(=O)c1cc(C)c(-c2cc3cnc(Cl)cc3n(CC3CC3)c2=O)cn1. The molecule has 0 radical (unpaired) electrons. The molecular weight excluding hydrogens is 398 g/mol. The number of aryl methyl sites for hydroxylation is 1. The van der Waals surface area contributed by atoms with Gasteiger partial charge in [0.05, 0.1) is 5.52 Å².